The van der Waals surface area contributed by atoms with Gasteiger partial charge in [0.15, 0.2) is 0 Å². The molecule has 0 radical (unpaired) electrons. The van der Waals surface area contributed by atoms with E-state index >= 15 is 0 Å². The Hall–Kier alpha value is -0.480. The maximum atomic E-state index is 5.31. The molecule has 1 fully saturated rings. The minimum atomic E-state index is 0.128. The molecule has 1 aromatic heterocycles. The Labute approximate surface area is 82.5 Å². The molecular weight excluding hydrogens is 184 g/mol. The molecule has 0 N–H and O–H groups in total. The predicted molar refractivity (Wildman–Crippen MR) is 53.0 cm³/mol. The van der Waals surface area contributed by atoms with Crippen molar-refractivity contribution in [2.75, 3.05) is 12.4 Å². The van der Waals surface area contributed by atoms with Crippen LogP contribution in [0.2, 0.25) is 0 Å². The number of aryl methyl sites for hydroxylation is 2. The standard InChI is InChI=1S/C9H14N2OS/c1-7-4-8(11(3)10-7)13-6-9(2)5-12-9/h4H,5-6H2,1-3H3. The van der Waals surface area contributed by atoms with Crippen LogP contribution in [0.4, 0.5) is 0 Å². The molecule has 1 aliphatic heterocycles. The third-order valence-electron chi connectivity index (χ3n) is 2.12. The number of hydrogen-bond donors (Lipinski definition) is 0. The van der Waals surface area contributed by atoms with Crippen LogP contribution < -0.4 is 0 Å². The van der Waals surface area contributed by atoms with Gasteiger partial charge in [0, 0.05) is 12.8 Å². The van der Waals surface area contributed by atoms with Crippen LogP contribution in [0.5, 0.6) is 0 Å². The van der Waals surface area contributed by atoms with Crippen LogP contribution in [-0.2, 0) is 11.8 Å². The third kappa shape index (κ3) is 2.06. The summed E-state index contributed by atoms with van der Waals surface area (Å²) in [5.41, 5.74) is 1.20. The van der Waals surface area contributed by atoms with Gasteiger partial charge in [-0.2, -0.15) is 5.10 Å². The van der Waals surface area contributed by atoms with E-state index in [0.717, 1.165) is 18.1 Å². The lowest BCUT2D eigenvalue weighted by Crippen LogP contribution is -2.08. The van der Waals surface area contributed by atoms with Crippen molar-refractivity contribution in [3.8, 4) is 0 Å². The molecule has 0 spiro atoms. The summed E-state index contributed by atoms with van der Waals surface area (Å²) in [4.78, 5) is 0. The van der Waals surface area contributed by atoms with Crippen LogP contribution in [0.25, 0.3) is 0 Å². The lowest BCUT2D eigenvalue weighted by atomic mass is 10.3. The monoisotopic (exact) mass is 198 g/mol. The third-order valence-corrected chi connectivity index (χ3v) is 3.55. The Morgan fingerprint density at radius 1 is 1.77 bits per heavy atom. The van der Waals surface area contributed by atoms with Crippen LogP contribution in [0.1, 0.15) is 12.6 Å². The van der Waals surface area contributed by atoms with Crippen molar-refractivity contribution in [2.45, 2.75) is 24.5 Å². The summed E-state index contributed by atoms with van der Waals surface area (Å²) in [6, 6.07) is 2.11. The van der Waals surface area contributed by atoms with E-state index in [1.807, 2.05) is 30.4 Å². The molecule has 1 aromatic rings. The molecule has 0 amide bonds. The fourth-order valence-electron chi connectivity index (χ4n) is 1.16. The molecular formula is C9H14N2OS. The fourth-order valence-corrected chi connectivity index (χ4v) is 2.26. The second-order valence-corrected chi connectivity index (χ2v) is 4.77. The number of ether oxygens (including phenoxy) is 1. The Balaban J connectivity index is 1.97. The first-order chi connectivity index (χ1) is 6.09. The number of rotatable bonds is 3. The highest BCUT2D eigenvalue weighted by atomic mass is 32.2. The van der Waals surface area contributed by atoms with E-state index in [0.29, 0.717) is 0 Å². The normalized spacial score (nSPS) is 26.4. The van der Waals surface area contributed by atoms with Gasteiger partial charge in [0.1, 0.15) is 0 Å². The zero-order valence-electron chi connectivity index (χ0n) is 8.20. The van der Waals surface area contributed by atoms with Crippen molar-refractivity contribution >= 4 is 11.8 Å². The molecule has 2 heterocycles. The van der Waals surface area contributed by atoms with E-state index in [-0.39, 0.29) is 5.60 Å². The molecule has 72 valence electrons. The minimum Gasteiger partial charge on any atom is -0.369 e. The molecule has 1 unspecified atom stereocenters. The quantitative estimate of drug-likeness (QED) is 0.546. The predicted octanol–water partition coefficient (Wildman–Crippen LogP) is 1.61. The number of hydrogen-bond acceptors (Lipinski definition) is 3. The zero-order valence-corrected chi connectivity index (χ0v) is 9.02. The summed E-state index contributed by atoms with van der Waals surface area (Å²) in [7, 11) is 1.98. The van der Waals surface area contributed by atoms with E-state index in [4.69, 9.17) is 4.74 Å². The maximum Gasteiger partial charge on any atom is 0.0982 e. The van der Waals surface area contributed by atoms with Crippen LogP contribution in [0.15, 0.2) is 11.1 Å². The summed E-state index contributed by atoms with van der Waals surface area (Å²) >= 11 is 1.81. The van der Waals surface area contributed by atoms with Gasteiger partial charge in [0.2, 0.25) is 0 Å². The molecule has 0 saturated carbocycles. The van der Waals surface area contributed by atoms with Gasteiger partial charge in [-0.05, 0) is 19.9 Å². The fraction of sp³-hybridized carbons (Fsp3) is 0.667. The molecule has 2 rings (SSSR count). The molecule has 0 bridgehead atoms. The summed E-state index contributed by atoms with van der Waals surface area (Å²) in [5.74, 6) is 1.02. The Morgan fingerprint density at radius 2 is 2.46 bits per heavy atom. The summed E-state index contributed by atoms with van der Waals surface area (Å²) in [6.45, 7) is 5.06. The highest BCUT2D eigenvalue weighted by Crippen LogP contribution is 2.33. The highest BCUT2D eigenvalue weighted by molar-refractivity contribution is 7.99. The first kappa shape index (κ1) is 9.09. The van der Waals surface area contributed by atoms with Gasteiger partial charge in [-0.15, -0.1) is 11.8 Å². The van der Waals surface area contributed by atoms with E-state index in [1.54, 1.807) is 0 Å². The van der Waals surface area contributed by atoms with E-state index in [9.17, 15) is 0 Å². The number of epoxide rings is 1. The van der Waals surface area contributed by atoms with Crippen molar-refractivity contribution in [1.29, 1.82) is 0 Å². The van der Waals surface area contributed by atoms with Crippen LogP contribution in [0.3, 0.4) is 0 Å². The highest BCUT2D eigenvalue weighted by Gasteiger charge is 2.39. The van der Waals surface area contributed by atoms with Crippen molar-refractivity contribution in [2.24, 2.45) is 7.05 Å². The van der Waals surface area contributed by atoms with E-state index < -0.39 is 0 Å². The molecule has 0 aromatic carbocycles. The smallest absolute Gasteiger partial charge is 0.0982 e. The van der Waals surface area contributed by atoms with Gasteiger partial charge in [-0.25, -0.2) is 0 Å². The summed E-state index contributed by atoms with van der Waals surface area (Å²) in [5, 5.41) is 5.50. The zero-order chi connectivity index (χ0) is 9.47. The first-order valence-corrected chi connectivity index (χ1v) is 5.35. The Bertz CT molecular complexity index is 317. The molecule has 1 aliphatic rings. The van der Waals surface area contributed by atoms with Crippen molar-refractivity contribution in [1.82, 2.24) is 9.78 Å². The molecule has 13 heavy (non-hydrogen) atoms. The number of aromatic nitrogens is 2. The van der Waals surface area contributed by atoms with Gasteiger partial charge in [-0.1, -0.05) is 0 Å². The van der Waals surface area contributed by atoms with Crippen LogP contribution in [-0.4, -0.2) is 27.7 Å². The van der Waals surface area contributed by atoms with E-state index in [1.165, 1.54) is 5.03 Å². The number of thioether (sulfide) groups is 1. The number of nitrogens with zero attached hydrogens (tertiary/aromatic N) is 2. The van der Waals surface area contributed by atoms with Gasteiger partial charge in [0.05, 0.1) is 22.9 Å². The molecule has 0 aliphatic carbocycles. The SMILES string of the molecule is Cc1cc(SCC2(C)CO2)n(C)n1. The molecule has 3 nitrogen and oxygen atoms in total. The van der Waals surface area contributed by atoms with Gasteiger partial charge in [-0.3, -0.25) is 4.68 Å². The molecule has 1 saturated heterocycles. The van der Waals surface area contributed by atoms with Crippen LogP contribution in [0, 0.1) is 6.92 Å². The lowest BCUT2D eigenvalue weighted by Gasteiger charge is -2.03. The van der Waals surface area contributed by atoms with Gasteiger partial charge in [0.25, 0.3) is 0 Å². The van der Waals surface area contributed by atoms with Gasteiger partial charge >= 0.3 is 0 Å². The largest absolute Gasteiger partial charge is 0.369 e. The average molecular weight is 198 g/mol. The van der Waals surface area contributed by atoms with Crippen molar-refractivity contribution < 1.29 is 4.74 Å². The summed E-state index contributed by atoms with van der Waals surface area (Å²) < 4.78 is 7.24. The van der Waals surface area contributed by atoms with E-state index in [2.05, 4.69) is 18.1 Å². The average Bonchev–Trinajstić information content (AvgIpc) is 2.69. The first-order valence-electron chi connectivity index (χ1n) is 4.36. The topological polar surface area (TPSA) is 30.4 Å². The second kappa shape index (κ2) is 3.03. The van der Waals surface area contributed by atoms with Crippen LogP contribution >= 0.6 is 11.8 Å². The molecule has 1 atom stereocenters. The maximum absolute atomic E-state index is 5.31. The Kier molecular flexibility index (Phi) is 2.12. The minimum absolute atomic E-state index is 0.128. The van der Waals surface area contributed by atoms with Gasteiger partial charge < -0.3 is 4.74 Å². The van der Waals surface area contributed by atoms with Crippen molar-refractivity contribution in [3.05, 3.63) is 11.8 Å². The molecule has 4 heteroatoms. The summed E-state index contributed by atoms with van der Waals surface area (Å²) in [6.07, 6.45) is 0. The van der Waals surface area contributed by atoms with Crippen molar-refractivity contribution in [3.63, 3.8) is 0 Å². The lowest BCUT2D eigenvalue weighted by molar-refractivity contribution is 0.348. The Morgan fingerprint density at radius 3 is 2.92 bits per heavy atom. The second-order valence-electron chi connectivity index (χ2n) is 3.77.